The van der Waals surface area contributed by atoms with Crippen molar-refractivity contribution in [3.05, 3.63) is 19.9 Å². The zero-order valence-electron chi connectivity index (χ0n) is 8.46. The Hall–Kier alpha value is -0.630. The van der Waals surface area contributed by atoms with Crippen LogP contribution in [0.2, 0.25) is 0 Å². The van der Waals surface area contributed by atoms with Crippen LogP contribution < -0.4 is 10.6 Å². The first-order valence-corrected chi connectivity index (χ1v) is 6.92. The Labute approximate surface area is 111 Å². The maximum absolute atomic E-state index is 11.6. The fourth-order valence-electron chi connectivity index (χ4n) is 1.20. The number of carbonyl (C=O) groups excluding carboxylic acids is 2. The Bertz CT molecular complexity index is 415. The second-order valence-electron chi connectivity index (χ2n) is 3.66. The van der Waals surface area contributed by atoms with Crippen LogP contribution in [0.25, 0.3) is 0 Å². The number of thiophene rings is 1. The minimum absolute atomic E-state index is 0.0573. The molecule has 2 amide bonds. The Morgan fingerprint density at radius 3 is 2.81 bits per heavy atom. The minimum Gasteiger partial charge on any atom is -0.352 e. The maximum atomic E-state index is 11.6. The van der Waals surface area contributed by atoms with E-state index in [4.69, 9.17) is 0 Å². The van der Waals surface area contributed by atoms with Gasteiger partial charge in [-0.3, -0.25) is 9.59 Å². The number of halogens is 1. The minimum atomic E-state index is -0.190. The standard InChI is InChI=1S/C10H11IN2O2S/c11-8-3-6(5-16-8)10(15)12-4-9(14)13-7-1-2-7/h3,5,7H,1-2,4H2,(H,12,15)(H,13,14). The van der Waals surface area contributed by atoms with E-state index in [0.29, 0.717) is 11.6 Å². The molecular weight excluding hydrogens is 339 g/mol. The van der Waals surface area contributed by atoms with Gasteiger partial charge in [-0.15, -0.1) is 11.3 Å². The quantitative estimate of drug-likeness (QED) is 0.806. The number of nitrogens with one attached hydrogen (secondary N) is 2. The van der Waals surface area contributed by atoms with Gasteiger partial charge in [0.15, 0.2) is 0 Å². The molecule has 6 heteroatoms. The molecule has 0 atom stereocenters. The molecule has 1 aromatic rings. The lowest BCUT2D eigenvalue weighted by molar-refractivity contribution is -0.120. The zero-order chi connectivity index (χ0) is 11.5. The monoisotopic (exact) mass is 350 g/mol. The third-order valence-electron chi connectivity index (χ3n) is 2.18. The van der Waals surface area contributed by atoms with Gasteiger partial charge in [0.1, 0.15) is 0 Å². The molecule has 2 N–H and O–H groups in total. The molecule has 1 saturated carbocycles. The van der Waals surface area contributed by atoms with Crippen LogP contribution >= 0.6 is 33.9 Å². The van der Waals surface area contributed by atoms with Gasteiger partial charge < -0.3 is 10.6 Å². The first-order valence-electron chi connectivity index (χ1n) is 4.97. The van der Waals surface area contributed by atoms with Crippen molar-refractivity contribution < 1.29 is 9.59 Å². The van der Waals surface area contributed by atoms with Crippen LogP contribution in [-0.4, -0.2) is 24.4 Å². The first-order chi connectivity index (χ1) is 7.65. The lowest BCUT2D eigenvalue weighted by Gasteiger charge is -2.04. The number of carbonyl (C=O) groups is 2. The third kappa shape index (κ3) is 3.44. The van der Waals surface area contributed by atoms with Gasteiger partial charge in [0.2, 0.25) is 5.91 Å². The van der Waals surface area contributed by atoms with Crippen molar-refractivity contribution in [2.45, 2.75) is 18.9 Å². The fraction of sp³-hybridized carbons (Fsp3) is 0.400. The van der Waals surface area contributed by atoms with Crippen molar-refractivity contribution in [2.75, 3.05) is 6.54 Å². The topological polar surface area (TPSA) is 58.2 Å². The summed E-state index contributed by atoms with van der Waals surface area (Å²) >= 11 is 3.67. The van der Waals surface area contributed by atoms with Crippen LogP contribution in [0, 0.1) is 2.88 Å². The molecule has 86 valence electrons. The predicted octanol–water partition coefficient (Wildman–Crippen LogP) is 1.36. The highest BCUT2D eigenvalue weighted by molar-refractivity contribution is 14.1. The van der Waals surface area contributed by atoms with Gasteiger partial charge in [-0.25, -0.2) is 0 Å². The van der Waals surface area contributed by atoms with E-state index in [0.717, 1.165) is 15.7 Å². The van der Waals surface area contributed by atoms with E-state index < -0.39 is 0 Å². The number of amides is 2. The summed E-state index contributed by atoms with van der Waals surface area (Å²) in [6.45, 7) is 0.0573. The van der Waals surface area contributed by atoms with Gasteiger partial charge in [-0.1, -0.05) is 0 Å². The van der Waals surface area contributed by atoms with Gasteiger partial charge >= 0.3 is 0 Å². The van der Waals surface area contributed by atoms with E-state index in [-0.39, 0.29) is 18.4 Å². The second-order valence-corrected chi connectivity index (χ2v) is 6.47. The van der Waals surface area contributed by atoms with E-state index in [1.807, 2.05) is 0 Å². The van der Waals surface area contributed by atoms with Crippen molar-refractivity contribution in [3.8, 4) is 0 Å². The van der Waals surface area contributed by atoms with E-state index in [9.17, 15) is 9.59 Å². The molecule has 0 bridgehead atoms. The summed E-state index contributed by atoms with van der Waals surface area (Å²) in [6.07, 6.45) is 2.12. The zero-order valence-corrected chi connectivity index (χ0v) is 11.4. The number of hydrogen-bond donors (Lipinski definition) is 2. The highest BCUT2D eigenvalue weighted by Gasteiger charge is 2.23. The maximum Gasteiger partial charge on any atom is 0.252 e. The molecule has 0 aliphatic heterocycles. The first kappa shape index (κ1) is 11.8. The highest BCUT2D eigenvalue weighted by Crippen LogP contribution is 2.18. The molecule has 1 aliphatic carbocycles. The largest absolute Gasteiger partial charge is 0.352 e. The van der Waals surface area contributed by atoms with Gasteiger partial charge in [-0.2, -0.15) is 0 Å². The summed E-state index contributed by atoms with van der Waals surface area (Å²) in [5.74, 6) is -0.300. The normalized spacial score (nSPS) is 14.6. The molecule has 1 aromatic heterocycles. The summed E-state index contributed by atoms with van der Waals surface area (Å²) in [4.78, 5) is 22.9. The second kappa shape index (κ2) is 5.13. The van der Waals surface area contributed by atoms with Crippen molar-refractivity contribution in [1.29, 1.82) is 0 Å². The van der Waals surface area contributed by atoms with Crippen LogP contribution in [-0.2, 0) is 4.79 Å². The highest BCUT2D eigenvalue weighted by atomic mass is 127. The number of rotatable bonds is 4. The molecule has 1 heterocycles. The van der Waals surface area contributed by atoms with Gasteiger partial charge in [-0.05, 0) is 41.5 Å². The molecule has 1 aliphatic rings. The van der Waals surface area contributed by atoms with E-state index in [1.165, 1.54) is 11.3 Å². The molecule has 1 fully saturated rings. The molecule has 0 spiro atoms. The molecule has 16 heavy (non-hydrogen) atoms. The van der Waals surface area contributed by atoms with Crippen molar-refractivity contribution in [1.82, 2.24) is 10.6 Å². The van der Waals surface area contributed by atoms with E-state index in [2.05, 4.69) is 33.2 Å². The van der Waals surface area contributed by atoms with Crippen LogP contribution in [0.15, 0.2) is 11.4 Å². The molecule has 0 unspecified atom stereocenters. The summed E-state index contributed by atoms with van der Waals surface area (Å²) in [5, 5.41) is 7.20. The van der Waals surface area contributed by atoms with Crippen LogP contribution in [0.3, 0.4) is 0 Å². The summed E-state index contributed by atoms with van der Waals surface area (Å²) in [5.41, 5.74) is 0.619. The van der Waals surface area contributed by atoms with Gasteiger partial charge in [0, 0.05) is 11.4 Å². The molecular formula is C10H11IN2O2S. The molecule has 2 rings (SSSR count). The Morgan fingerprint density at radius 1 is 1.50 bits per heavy atom. The fourth-order valence-corrected chi connectivity index (χ4v) is 2.52. The molecule has 0 aromatic carbocycles. The third-order valence-corrected chi connectivity index (χ3v) is 3.97. The Kier molecular flexibility index (Phi) is 3.80. The Balaban J connectivity index is 1.76. The lowest BCUT2D eigenvalue weighted by Crippen LogP contribution is -2.37. The molecule has 4 nitrogen and oxygen atoms in total. The summed E-state index contributed by atoms with van der Waals surface area (Å²) in [6, 6.07) is 2.14. The SMILES string of the molecule is O=C(CNC(=O)c1csc(I)c1)NC1CC1. The summed E-state index contributed by atoms with van der Waals surface area (Å²) < 4.78 is 1.06. The molecule has 0 saturated heterocycles. The van der Waals surface area contributed by atoms with Gasteiger partial charge in [0.25, 0.3) is 5.91 Å². The van der Waals surface area contributed by atoms with Crippen LogP contribution in [0.1, 0.15) is 23.2 Å². The average molecular weight is 350 g/mol. The lowest BCUT2D eigenvalue weighted by atomic mass is 10.3. The van der Waals surface area contributed by atoms with E-state index in [1.54, 1.807) is 11.4 Å². The average Bonchev–Trinajstić information content (AvgIpc) is 2.95. The van der Waals surface area contributed by atoms with E-state index >= 15 is 0 Å². The predicted molar refractivity (Wildman–Crippen MR) is 70.5 cm³/mol. The van der Waals surface area contributed by atoms with Gasteiger partial charge in [0.05, 0.1) is 15.0 Å². The van der Waals surface area contributed by atoms with Crippen molar-refractivity contribution in [2.24, 2.45) is 0 Å². The smallest absolute Gasteiger partial charge is 0.252 e. The molecule has 0 radical (unpaired) electrons. The van der Waals surface area contributed by atoms with Crippen LogP contribution in [0.5, 0.6) is 0 Å². The van der Waals surface area contributed by atoms with Crippen LogP contribution in [0.4, 0.5) is 0 Å². The number of hydrogen-bond acceptors (Lipinski definition) is 3. The summed E-state index contributed by atoms with van der Waals surface area (Å²) in [7, 11) is 0. The Morgan fingerprint density at radius 2 is 2.25 bits per heavy atom. The van der Waals surface area contributed by atoms with Crippen molar-refractivity contribution in [3.63, 3.8) is 0 Å². The van der Waals surface area contributed by atoms with Crippen molar-refractivity contribution >= 4 is 45.7 Å².